The van der Waals surface area contributed by atoms with Crippen molar-refractivity contribution in [3.8, 4) is 0 Å². The SMILES string of the molecule is O=C(O)c1cc(COC(F)C(F)F)n[nH]1. The highest BCUT2D eigenvalue weighted by Crippen LogP contribution is 2.10. The lowest BCUT2D eigenvalue weighted by Gasteiger charge is -2.06. The fourth-order valence-electron chi connectivity index (χ4n) is 0.784. The maximum absolute atomic E-state index is 12.3. The molecule has 1 unspecified atom stereocenters. The minimum atomic E-state index is -3.23. The van der Waals surface area contributed by atoms with E-state index in [9.17, 15) is 18.0 Å². The number of hydrogen-bond donors (Lipinski definition) is 2. The predicted molar refractivity (Wildman–Crippen MR) is 41.2 cm³/mol. The molecule has 0 aromatic carbocycles. The van der Waals surface area contributed by atoms with Crippen LogP contribution in [0, 0.1) is 0 Å². The van der Waals surface area contributed by atoms with E-state index in [0.29, 0.717) is 0 Å². The zero-order chi connectivity index (χ0) is 11.4. The van der Waals surface area contributed by atoms with Crippen LogP contribution in [0.25, 0.3) is 0 Å². The summed E-state index contributed by atoms with van der Waals surface area (Å²) in [6.07, 6.45) is -5.93. The standard InChI is InChI=1S/C7H7F3N2O3/c8-5(9)6(10)15-2-3-1-4(7(13)14)12-11-3/h1,5-6H,2H2,(H,11,12)(H,13,14). The molecule has 2 N–H and O–H groups in total. The number of aromatic carboxylic acids is 1. The van der Waals surface area contributed by atoms with E-state index in [1.165, 1.54) is 0 Å². The molecule has 0 bridgehead atoms. The van der Waals surface area contributed by atoms with Crippen molar-refractivity contribution < 1.29 is 27.8 Å². The summed E-state index contributed by atoms with van der Waals surface area (Å²) in [5, 5.41) is 14.0. The van der Waals surface area contributed by atoms with Crippen LogP contribution < -0.4 is 0 Å². The van der Waals surface area contributed by atoms with Gasteiger partial charge in [0, 0.05) is 0 Å². The van der Waals surface area contributed by atoms with Crippen LogP contribution in [0.2, 0.25) is 0 Å². The zero-order valence-corrected chi connectivity index (χ0v) is 7.28. The van der Waals surface area contributed by atoms with Crippen molar-refractivity contribution in [3.05, 3.63) is 17.5 Å². The van der Waals surface area contributed by atoms with E-state index in [0.717, 1.165) is 6.07 Å². The van der Waals surface area contributed by atoms with Crippen molar-refractivity contribution >= 4 is 5.97 Å². The topological polar surface area (TPSA) is 75.2 Å². The molecule has 1 aromatic rings. The summed E-state index contributed by atoms with van der Waals surface area (Å²) in [4.78, 5) is 10.4. The van der Waals surface area contributed by atoms with Gasteiger partial charge in [-0.25, -0.2) is 18.0 Å². The predicted octanol–water partition coefficient (Wildman–Crippen LogP) is 1.19. The van der Waals surface area contributed by atoms with Crippen LogP contribution in [0.15, 0.2) is 6.07 Å². The number of rotatable bonds is 5. The molecule has 84 valence electrons. The fourth-order valence-corrected chi connectivity index (χ4v) is 0.784. The zero-order valence-electron chi connectivity index (χ0n) is 7.28. The first-order valence-electron chi connectivity index (χ1n) is 3.82. The van der Waals surface area contributed by atoms with Crippen LogP contribution in [0.4, 0.5) is 13.2 Å². The average Bonchev–Trinajstić information content (AvgIpc) is 2.62. The normalized spacial score (nSPS) is 13.1. The van der Waals surface area contributed by atoms with Crippen molar-refractivity contribution in [1.82, 2.24) is 10.2 Å². The van der Waals surface area contributed by atoms with Crippen LogP contribution in [0.3, 0.4) is 0 Å². The molecule has 0 aliphatic heterocycles. The number of carbonyl (C=O) groups is 1. The number of aromatic amines is 1. The van der Waals surface area contributed by atoms with Crippen LogP contribution in [0.1, 0.15) is 16.2 Å². The molecule has 0 amide bonds. The van der Waals surface area contributed by atoms with Gasteiger partial charge in [-0.1, -0.05) is 0 Å². The van der Waals surface area contributed by atoms with Crippen molar-refractivity contribution in [3.63, 3.8) is 0 Å². The van der Waals surface area contributed by atoms with Crippen molar-refractivity contribution in [2.24, 2.45) is 0 Å². The number of alkyl halides is 3. The number of carboxylic acid groups (broad SMARTS) is 1. The van der Waals surface area contributed by atoms with Gasteiger partial charge >= 0.3 is 5.97 Å². The minimum absolute atomic E-state index is 0.0377. The Morgan fingerprint density at radius 2 is 2.27 bits per heavy atom. The van der Waals surface area contributed by atoms with Gasteiger partial charge in [0.1, 0.15) is 5.69 Å². The first-order valence-corrected chi connectivity index (χ1v) is 3.82. The molecule has 0 spiro atoms. The molecular formula is C7H7F3N2O3. The minimum Gasteiger partial charge on any atom is -0.477 e. The Morgan fingerprint density at radius 3 is 2.73 bits per heavy atom. The lowest BCUT2D eigenvalue weighted by molar-refractivity contribution is -0.135. The summed E-state index contributed by atoms with van der Waals surface area (Å²) in [7, 11) is 0. The van der Waals surface area contributed by atoms with E-state index in [1.807, 2.05) is 0 Å². The van der Waals surface area contributed by atoms with Crippen molar-refractivity contribution in [1.29, 1.82) is 0 Å². The maximum Gasteiger partial charge on any atom is 0.353 e. The molecule has 5 nitrogen and oxygen atoms in total. The number of nitrogens with one attached hydrogen (secondary N) is 1. The van der Waals surface area contributed by atoms with E-state index in [-0.39, 0.29) is 11.4 Å². The van der Waals surface area contributed by atoms with Crippen molar-refractivity contribution in [2.75, 3.05) is 0 Å². The van der Waals surface area contributed by atoms with E-state index < -0.39 is 25.4 Å². The van der Waals surface area contributed by atoms with Crippen LogP contribution >= 0.6 is 0 Å². The Morgan fingerprint density at radius 1 is 1.60 bits per heavy atom. The second kappa shape index (κ2) is 4.78. The van der Waals surface area contributed by atoms with Gasteiger partial charge in [-0.05, 0) is 6.07 Å². The van der Waals surface area contributed by atoms with E-state index in [2.05, 4.69) is 14.9 Å². The third-order valence-corrected chi connectivity index (χ3v) is 1.45. The quantitative estimate of drug-likeness (QED) is 0.787. The smallest absolute Gasteiger partial charge is 0.353 e. The summed E-state index contributed by atoms with van der Waals surface area (Å²) in [5.41, 5.74) is -0.184. The van der Waals surface area contributed by atoms with Gasteiger partial charge in [0.2, 0.25) is 0 Å². The molecule has 15 heavy (non-hydrogen) atoms. The summed E-state index contributed by atoms with van der Waals surface area (Å²) in [6.45, 7) is -0.519. The molecule has 1 atom stereocenters. The second-order valence-electron chi connectivity index (χ2n) is 2.57. The Balaban J connectivity index is 2.48. The highest BCUT2D eigenvalue weighted by molar-refractivity contribution is 5.85. The summed E-state index contributed by atoms with van der Waals surface area (Å²) < 4.78 is 39.6. The lowest BCUT2D eigenvalue weighted by atomic mass is 10.4. The monoisotopic (exact) mass is 224 g/mol. The van der Waals surface area contributed by atoms with Crippen molar-refractivity contribution in [2.45, 2.75) is 19.4 Å². The molecule has 0 saturated heterocycles. The van der Waals surface area contributed by atoms with Gasteiger partial charge in [0.25, 0.3) is 12.8 Å². The number of ether oxygens (including phenoxy) is 1. The van der Waals surface area contributed by atoms with Gasteiger partial charge in [-0.2, -0.15) is 5.10 Å². The number of carboxylic acids is 1. The number of aromatic nitrogens is 2. The maximum atomic E-state index is 12.3. The van der Waals surface area contributed by atoms with E-state index in [1.54, 1.807) is 0 Å². The van der Waals surface area contributed by atoms with Gasteiger partial charge in [0.15, 0.2) is 0 Å². The first-order chi connectivity index (χ1) is 7.00. The highest BCUT2D eigenvalue weighted by atomic mass is 19.3. The Labute approximate surface area is 81.9 Å². The van der Waals surface area contributed by atoms with Gasteiger partial charge in [-0.15, -0.1) is 0 Å². The third kappa shape index (κ3) is 3.24. The molecular weight excluding hydrogens is 217 g/mol. The number of halogens is 3. The van der Waals surface area contributed by atoms with Crippen LogP contribution in [-0.2, 0) is 11.3 Å². The molecule has 0 aliphatic carbocycles. The van der Waals surface area contributed by atoms with E-state index in [4.69, 9.17) is 5.11 Å². The Hall–Kier alpha value is -1.57. The van der Waals surface area contributed by atoms with E-state index >= 15 is 0 Å². The molecule has 1 rings (SSSR count). The molecule has 0 aliphatic rings. The fraction of sp³-hybridized carbons (Fsp3) is 0.429. The van der Waals surface area contributed by atoms with Gasteiger partial charge in [-0.3, -0.25) is 5.10 Å². The van der Waals surface area contributed by atoms with Crippen LogP contribution in [-0.4, -0.2) is 34.1 Å². The first kappa shape index (κ1) is 11.5. The highest BCUT2D eigenvalue weighted by Gasteiger charge is 2.20. The third-order valence-electron chi connectivity index (χ3n) is 1.45. The molecule has 0 radical (unpaired) electrons. The average molecular weight is 224 g/mol. The Bertz CT molecular complexity index is 342. The number of nitrogens with zero attached hydrogens (tertiary/aromatic N) is 1. The lowest BCUT2D eigenvalue weighted by Crippen LogP contribution is -2.16. The molecule has 0 fully saturated rings. The second-order valence-corrected chi connectivity index (χ2v) is 2.57. The molecule has 1 aromatic heterocycles. The summed E-state index contributed by atoms with van der Waals surface area (Å²) in [5.74, 6) is -1.25. The number of H-pyrrole nitrogens is 1. The Kier molecular flexibility index (Phi) is 3.67. The molecule has 1 heterocycles. The van der Waals surface area contributed by atoms with Crippen LogP contribution in [0.5, 0.6) is 0 Å². The van der Waals surface area contributed by atoms with Gasteiger partial charge in [0.05, 0.1) is 12.3 Å². The largest absolute Gasteiger partial charge is 0.477 e. The summed E-state index contributed by atoms with van der Waals surface area (Å²) >= 11 is 0. The molecule has 0 saturated carbocycles. The summed E-state index contributed by atoms with van der Waals surface area (Å²) in [6, 6.07) is 1.07. The molecule has 8 heteroatoms. The van der Waals surface area contributed by atoms with Gasteiger partial charge < -0.3 is 9.84 Å². The number of hydrogen-bond acceptors (Lipinski definition) is 3.